The summed E-state index contributed by atoms with van der Waals surface area (Å²) >= 11 is 0. The van der Waals surface area contributed by atoms with Crippen LogP contribution in [0.25, 0.3) is 5.69 Å². The molecule has 0 aliphatic heterocycles. The lowest BCUT2D eigenvalue weighted by Gasteiger charge is -2.01. The van der Waals surface area contributed by atoms with Gasteiger partial charge in [-0.2, -0.15) is 0 Å². The van der Waals surface area contributed by atoms with Crippen LogP contribution in [0.4, 0.5) is 13.2 Å². The molecule has 0 spiro atoms. The van der Waals surface area contributed by atoms with Gasteiger partial charge in [0.05, 0.1) is 18.3 Å². The molecule has 0 amide bonds. The molecule has 2 heterocycles. The third-order valence-electron chi connectivity index (χ3n) is 2.87. The zero-order valence-electron chi connectivity index (χ0n) is 13.1. The smallest absolute Gasteiger partial charge is 0.158 e. The Labute approximate surface area is 142 Å². The normalized spacial score (nSPS) is 9.40. The van der Waals surface area contributed by atoms with E-state index in [1.54, 1.807) is 60.2 Å². The summed E-state index contributed by atoms with van der Waals surface area (Å²) in [6, 6.07) is 11.6. The second-order valence-corrected chi connectivity index (χ2v) is 4.60. The highest BCUT2D eigenvalue weighted by molar-refractivity contribution is 5.32. The summed E-state index contributed by atoms with van der Waals surface area (Å²) in [5.41, 5.74) is 0.523. The van der Waals surface area contributed by atoms with Gasteiger partial charge in [0.1, 0.15) is 5.82 Å². The Morgan fingerprint density at radius 1 is 0.760 bits per heavy atom. The van der Waals surface area contributed by atoms with Crippen LogP contribution in [0.15, 0.2) is 86.0 Å². The van der Waals surface area contributed by atoms with Gasteiger partial charge in [0.2, 0.25) is 0 Å². The van der Waals surface area contributed by atoms with E-state index in [0.717, 1.165) is 12.1 Å². The molecule has 25 heavy (non-hydrogen) atoms. The monoisotopic (exact) mass is 344 g/mol. The van der Waals surface area contributed by atoms with E-state index in [1.165, 1.54) is 18.2 Å². The van der Waals surface area contributed by atoms with Crippen molar-refractivity contribution in [3.63, 3.8) is 0 Å². The molecule has 7 heteroatoms. The van der Waals surface area contributed by atoms with E-state index in [4.69, 9.17) is 0 Å². The number of nitrogens with zero attached hydrogens (tertiary/aromatic N) is 3. The van der Waals surface area contributed by atoms with Crippen molar-refractivity contribution >= 4 is 0 Å². The zero-order chi connectivity index (χ0) is 17.9. The molecule has 4 rings (SSSR count). The average molecular weight is 344 g/mol. The average Bonchev–Trinajstić information content (AvgIpc) is 3.35. The molecule has 2 aromatic heterocycles. The molecule has 1 N–H and O–H groups in total. The van der Waals surface area contributed by atoms with Crippen LogP contribution in [0.1, 0.15) is 0 Å². The molecule has 0 unspecified atom stereocenters. The van der Waals surface area contributed by atoms with Gasteiger partial charge in [0.25, 0.3) is 0 Å². The summed E-state index contributed by atoms with van der Waals surface area (Å²) in [5.74, 6) is -1.84. The fourth-order valence-electron chi connectivity index (χ4n) is 1.72. The Morgan fingerprint density at radius 3 is 1.80 bits per heavy atom. The Hall–Kier alpha value is -3.35. The van der Waals surface area contributed by atoms with E-state index in [9.17, 15) is 13.2 Å². The minimum Gasteiger partial charge on any atom is -0.351 e. The highest BCUT2D eigenvalue weighted by Crippen LogP contribution is 2.10. The highest BCUT2D eigenvalue weighted by Gasteiger charge is 2.00. The van der Waals surface area contributed by atoms with Crippen LogP contribution < -0.4 is 0 Å². The lowest BCUT2D eigenvalue weighted by Crippen LogP contribution is -1.92. The molecule has 0 saturated heterocycles. The third-order valence-corrected chi connectivity index (χ3v) is 2.87. The number of H-pyrrole nitrogens is 1. The summed E-state index contributed by atoms with van der Waals surface area (Å²) in [6.45, 7) is 0. The fourth-order valence-corrected chi connectivity index (χ4v) is 1.72. The van der Waals surface area contributed by atoms with Gasteiger partial charge in [0, 0.05) is 24.8 Å². The maximum Gasteiger partial charge on any atom is 0.158 e. The molecule has 0 atom stereocenters. The van der Waals surface area contributed by atoms with E-state index in [1.807, 2.05) is 0 Å². The first kappa shape index (κ1) is 18.0. The third kappa shape index (κ3) is 5.98. The Balaban J connectivity index is 0.000000149. The van der Waals surface area contributed by atoms with Gasteiger partial charge in [-0.25, -0.2) is 23.1 Å². The van der Waals surface area contributed by atoms with Gasteiger partial charge >= 0.3 is 0 Å². The molecule has 0 saturated carbocycles. The van der Waals surface area contributed by atoms with Crippen molar-refractivity contribution in [2.45, 2.75) is 0 Å². The number of hydrogen-bond acceptors (Lipinski definition) is 2. The van der Waals surface area contributed by atoms with Crippen molar-refractivity contribution in [3.8, 4) is 5.69 Å². The SMILES string of the molecule is Fc1ccccc1-n1ccnc1.Fc1ccccc1F.c1c[nH]cn1. The number of hydrogen-bond donors (Lipinski definition) is 1. The molecular weight excluding hydrogens is 329 g/mol. The molecule has 128 valence electrons. The Bertz CT molecular complexity index is 808. The second kappa shape index (κ2) is 9.71. The molecular formula is C18H15F3N4. The summed E-state index contributed by atoms with van der Waals surface area (Å²) < 4.78 is 38.6. The second-order valence-electron chi connectivity index (χ2n) is 4.60. The van der Waals surface area contributed by atoms with E-state index in [0.29, 0.717) is 5.69 Å². The first-order chi connectivity index (χ1) is 12.2. The van der Waals surface area contributed by atoms with Crippen LogP contribution in [0.3, 0.4) is 0 Å². The minimum absolute atomic E-state index is 0.240. The first-order valence-electron chi connectivity index (χ1n) is 7.24. The summed E-state index contributed by atoms with van der Waals surface area (Å²) in [7, 11) is 0. The number of aromatic amines is 1. The van der Waals surface area contributed by atoms with Crippen LogP contribution in [0.2, 0.25) is 0 Å². The number of imidazole rings is 2. The van der Waals surface area contributed by atoms with Crippen molar-refractivity contribution in [3.05, 3.63) is 103 Å². The fraction of sp³-hybridized carbons (Fsp3) is 0. The van der Waals surface area contributed by atoms with Crippen molar-refractivity contribution in [1.29, 1.82) is 0 Å². The Kier molecular flexibility index (Phi) is 6.99. The van der Waals surface area contributed by atoms with Gasteiger partial charge in [-0.1, -0.05) is 24.3 Å². The van der Waals surface area contributed by atoms with E-state index in [-0.39, 0.29) is 5.82 Å². The lowest BCUT2D eigenvalue weighted by molar-refractivity contribution is 0.508. The zero-order valence-corrected chi connectivity index (χ0v) is 13.1. The molecule has 4 aromatic rings. The quantitative estimate of drug-likeness (QED) is 0.557. The minimum atomic E-state index is -0.799. The van der Waals surface area contributed by atoms with Gasteiger partial charge < -0.3 is 9.55 Å². The molecule has 0 bridgehead atoms. The summed E-state index contributed by atoms with van der Waals surface area (Å²) in [4.78, 5) is 10.3. The topological polar surface area (TPSA) is 46.5 Å². The van der Waals surface area contributed by atoms with Crippen LogP contribution in [0.5, 0.6) is 0 Å². The Morgan fingerprint density at radius 2 is 1.40 bits per heavy atom. The van der Waals surface area contributed by atoms with Gasteiger partial charge in [-0.05, 0) is 24.3 Å². The van der Waals surface area contributed by atoms with E-state index in [2.05, 4.69) is 15.0 Å². The molecule has 4 nitrogen and oxygen atoms in total. The number of nitrogens with one attached hydrogen (secondary N) is 1. The first-order valence-corrected chi connectivity index (χ1v) is 7.24. The van der Waals surface area contributed by atoms with E-state index >= 15 is 0 Å². The summed E-state index contributed by atoms with van der Waals surface area (Å²) in [5, 5.41) is 0. The van der Waals surface area contributed by atoms with Gasteiger partial charge in [-0.15, -0.1) is 0 Å². The van der Waals surface area contributed by atoms with E-state index < -0.39 is 11.6 Å². The summed E-state index contributed by atoms with van der Waals surface area (Å²) in [6.07, 6.45) is 9.98. The van der Waals surface area contributed by atoms with Crippen LogP contribution in [-0.2, 0) is 0 Å². The van der Waals surface area contributed by atoms with Gasteiger partial charge in [-0.3, -0.25) is 0 Å². The largest absolute Gasteiger partial charge is 0.351 e. The standard InChI is InChI=1S/C9H7FN2.C6H4F2.C3H4N2/c10-8-3-1-2-4-9(8)12-6-5-11-7-12;7-5-3-1-2-4-6(5)8;1-2-5-3-4-1/h1-7H;1-4H;1-3H,(H,4,5). The van der Waals surface area contributed by atoms with Crippen molar-refractivity contribution in [1.82, 2.24) is 19.5 Å². The van der Waals surface area contributed by atoms with Gasteiger partial charge in [0.15, 0.2) is 11.6 Å². The number of rotatable bonds is 1. The number of para-hydroxylation sites is 1. The maximum atomic E-state index is 13.1. The predicted molar refractivity (Wildman–Crippen MR) is 88.5 cm³/mol. The van der Waals surface area contributed by atoms with Crippen molar-refractivity contribution < 1.29 is 13.2 Å². The number of aromatic nitrogens is 4. The molecule has 2 aromatic carbocycles. The van der Waals surface area contributed by atoms with Crippen molar-refractivity contribution in [2.24, 2.45) is 0 Å². The van der Waals surface area contributed by atoms with Crippen molar-refractivity contribution in [2.75, 3.05) is 0 Å². The van der Waals surface area contributed by atoms with Crippen LogP contribution >= 0.6 is 0 Å². The maximum absolute atomic E-state index is 13.1. The number of halogens is 3. The van der Waals surface area contributed by atoms with Crippen LogP contribution in [-0.4, -0.2) is 19.5 Å². The van der Waals surface area contributed by atoms with Crippen LogP contribution in [0, 0.1) is 17.5 Å². The number of benzene rings is 2. The molecule has 0 radical (unpaired) electrons. The lowest BCUT2D eigenvalue weighted by atomic mass is 10.3. The molecule has 0 fully saturated rings. The molecule has 0 aliphatic rings. The highest BCUT2D eigenvalue weighted by atomic mass is 19.2. The molecule has 0 aliphatic carbocycles. The predicted octanol–water partition coefficient (Wildman–Crippen LogP) is 4.39.